The van der Waals surface area contributed by atoms with Crippen molar-refractivity contribution in [3.8, 4) is 0 Å². The summed E-state index contributed by atoms with van der Waals surface area (Å²) in [5.74, 6) is -0.270. The van der Waals surface area contributed by atoms with Crippen molar-refractivity contribution < 1.29 is 9.53 Å². The van der Waals surface area contributed by atoms with Crippen LogP contribution in [-0.4, -0.2) is 12.6 Å². The first kappa shape index (κ1) is 10.4. The number of rotatable bonds is 3. The molecule has 0 spiro atoms. The van der Waals surface area contributed by atoms with E-state index in [1.54, 1.807) is 12.1 Å². The average Bonchev–Trinajstić information content (AvgIpc) is 2.10. The summed E-state index contributed by atoms with van der Waals surface area (Å²) in [5, 5.41) is 0. The second-order valence-corrected chi connectivity index (χ2v) is 3.05. The van der Waals surface area contributed by atoms with Crippen LogP contribution in [0.1, 0.15) is 12.5 Å². The van der Waals surface area contributed by atoms with Gasteiger partial charge in [0.25, 0.3) is 0 Å². The van der Waals surface area contributed by atoms with Gasteiger partial charge in [0.2, 0.25) is 0 Å². The van der Waals surface area contributed by atoms with E-state index < -0.39 is 0 Å². The quantitative estimate of drug-likeness (QED) is 0.554. The van der Waals surface area contributed by atoms with Gasteiger partial charge < -0.3 is 16.2 Å². The standard InChI is InChI=1S/C10H14N2O2/c1-7(13)14-5-4-8-2-3-9(11)10(12)6-8/h2-3,6H,4-5,11-12H2,1H3. The van der Waals surface area contributed by atoms with Gasteiger partial charge in [0.05, 0.1) is 18.0 Å². The lowest BCUT2D eigenvalue weighted by atomic mass is 10.1. The van der Waals surface area contributed by atoms with Gasteiger partial charge in [0, 0.05) is 13.3 Å². The highest BCUT2D eigenvalue weighted by molar-refractivity contribution is 5.66. The molecule has 76 valence electrons. The third-order valence-corrected chi connectivity index (χ3v) is 1.85. The van der Waals surface area contributed by atoms with Crippen LogP contribution in [0.15, 0.2) is 18.2 Å². The molecule has 0 fully saturated rings. The second kappa shape index (κ2) is 4.50. The zero-order valence-corrected chi connectivity index (χ0v) is 8.12. The van der Waals surface area contributed by atoms with Crippen molar-refractivity contribution in [1.82, 2.24) is 0 Å². The summed E-state index contributed by atoms with van der Waals surface area (Å²) in [6.45, 7) is 1.76. The molecule has 1 aromatic rings. The predicted octanol–water partition coefficient (Wildman–Crippen LogP) is 0.957. The first-order chi connectivity index (χ1) is 6.59. The van der Waals surface area contributed by atoms with E-state index in [0.29, 0.717) is 24.4 Å². The number of carbonyl (C=O) groups is 1. The number of hydrogen-bond donors (Lipinski definition) is 2. The van der Waals surface area contributed by atoms with Crippen LogP contribution < -0.4 is 11.5 Å². The summed E-state index contributed by atoms with van der Waals surface area (Å²) in [6.07, 6.45) is 0.657. The Hall–Kier alpha value is -1.71. The van der Waals surface area contributed by atoms with Crippen LogP contribution in [0.3, 0.4) is 0 Å². The Bertz CT molecular complexity index is 337. The van der Waals surface area contributed by atoms with E-state index in [4.69, 9.17) is 16.2 Å². The SMILES string of the molecule is CC(=O)OCCc1ccc(N)c(N)c1. The minimum atomic E-state index is -0.270. The number of nitrogens with two attached hydrogens (primary N) is 2. The zero-order valence-electron chi connectivity index (χ0n) is 8.12. The molecular weight excluding hydrogens is 180 g/mol. The maximum Gasteiger partial charge on any atom is 0.302 e. The van der Waals surface area contributed by atoms with E-state index in [9.17, 15) is 4.79 Å². The monoisotopic (exact) mass is 194 g/mol. The Morgan fingerprint density at radius 1 is 1.36 bits per heavy atom. The van der Waals surface area contributed by atoms with Gasteiger partial charge in [-0.05, 0) is 17.7 Å². The largest absolute Gasteiger partial charge is 0.466 e. The third-order valence-electron chi connectivity index (χ3n) is 1.85. The summed E-state index contributed by atoms with van der Waals surface area (Å²) >= 11 is 0. The molecule has 14 heavy (non-hydrogen) atoms. The van der Waals surface area contributed by atoms with E-state index >= 15 is 0 Å². The molecule has 0 aliphatic carbocycles. The number of hydrogen-bond acceptors (Lipinski definition) is 4. The van der Waals surface area contributed by atoms with Gasteiger partial charge in [-0.2, -0.15) is 0 Å². The smallest absolute Gasteiger partial charge is 0.302 e. The molecule has 0 bridgehead atoms. The first-order valence-electron chi connectivity index (χ1n) is 4.37. The van der Waals surface area contributed by atoms with Crippen molar-refractivity contribution in [2.45, 2.75) is 13.3 Å². The molecule has 0 aliphatic heterocycles. The second-order valence-electron chi connectivity index (χ2n) is 3.05. The minimum absolute atomic E-state index is 0.270. The van der Waals surface area contributed by atoms with Crippen LogP contribution in [0.4, 0.5) is 11.4 Å². The Morgan fingerprint density at radius 3 is 2.64 bits per heavy atom. The average molecular weight is 194 g/mol. The molecule has 4 heteroatoms. The van der Waals surface area contributed by atoms with Crippen molar-refractivity contribution in [3.05, 3.63) is 23.8 Å². The number of carbonyl (C=O) groups excluding carboxylic acids is 1. The number of esters is 1. The maximum atomic E-state index is 10.5. The van der Waals surface area contributed by atoms with Gasteiger partial charge in [-0.3, -0.25) is 4.79 Å². The minimum Gasteiger partial charge on any atom is -0.466 e. The topological polar surface area (TPSA) is 78.3 Å². The molecule has 0 radical (unpaired) electrons. The van der Waals surface area contributed by atoms with Crippen LogP contribution in [-0.2, 0) is 16.0 Å². The van der Waals surface area contributed by atoms with E-state index in [1.165, 1.54) is 6.92 Å². The Morgan fingerprint density at radius 2 is 2.07 bits per heavy atom. The van der Waals surface area contributed by atoms with Gasteiger partial charge in [-0.25, -0.2) is 0 Å². The molecular formula is C10H14N2O2. The lowest BCUT2D eigenvalue weighted by Crippen LogP contribution is -2.04. The van der Waals surface area contributed by atoms with Crippen molar-refractivity contribution in [3.63, 3.8) is 0 Å². The van der Waals surface area contributed by atoms with Crippen LogP contribution in [0.25, 0.3) is 0 Å². The van der Waals surface area contributed by atoms with Crippen molar-refractivity contribution >= 4 is 17.3 Å². The highest BCUT2D eigenvalue weighted by atomic mass is 16.5. The summed E-state index contributed by atoms with van der Waals surface area (Å²) < 4.78 is 4.80. The van der Waals surface area contributed by atoms with Crippen LogP contribution >= 0.6 is 0 Å². The van der Waals surface area contributed by atoms with E-state index in [0.717, 1.165) is 5.56 Å². The van der Waals surface area contributed by atoms with Crippen molar-refractivity contribution in [2.24, 2.45) is 0 Å². The van der Waals surface area contributed by atoms with Crippen molar-refractivity contribution in [2.75, 3.05) is 18.1 Å². The number of benzene rings is 1. The number of nitrogen functional groups attached to an aromatic ring is 2. The lowest BCUT2D eigenvalue weighted by molar-refractivity contribution is -0.140. The van der Waals surface area contributed by atoms with E-state index in [2.05, 4.69) is 0 Å². The molecule has 1 aromatic carbocycles. The molecule has 4 N–H and O–H groups in total. The summed E-state index contributed by atoms with van der Waals surface area (Å²) in [5.41, 5.74) is 13.3. The Kier molecular flexibility index (Phi) is 3.34. The van der Waals surface area contributed by atoms with Crippen LogP contribution in [0.5, 0.6) is 0 Å². The van der Waals surface area contributed by atoms with Crippen LogP contribution in [0, 0.1) is 0 Å². The highest BCUT2D eigenvalue weighted by Gasteiger charge is 1.98. The van der Waals surface area contributed by atoms with Gasteiger partial charge >= 0.3 is 5.97 Å². The molecule has 1 rings (SSSR count). The van der Waals surface area contributed by atoms with Crippen LogP contribution in [0.2, 0.25) is 0 Å². The summed E-state index contributed by atoms with van der Waals surface area (Å²) in [6, 6.07) is 5.41. The molecule has 4 nitrogen and oxygen atoms in total. The molecule has 0 saturated heterocycles. The maximum absolute atomic E-state index is 10.5. The van der Waals surface area contributed by atoms with Gasteiger partial charge in [-0.1, -0.05) is 6.07 Å². The fourth-order valence-electron chi connectivity index (χ4n) is 1.09. The molecule has 0 atom stereocenters. The normalized spacial score (nSPS) is 9.79. The Balaban J connectivity index is 2.51. The summed E-state index contributed by atoms with van der Waals surface area (Å²) in [7, 11) is 0. The fourth-order valence-corrected chi connectivity index (χ4v) is 1.09. The van der Waals surface area contributed by atoms with Gasteiger partial charge in [-0.15, -0.1) is 0 Å². The number of ether oxygens (including phenoxy) is 1. The lowest BCUT2D eigenvalue weighted by Gasteiger charge is -2.05. The molecule has 0 aromatic heterocycles. The van der Waals surface area contributed by atoms with Gasteiger partial charge in [0.15, 0.2) is 0 Å². The molecule has 0 saturated carbocycles. The Labute approximate surface area is 82.8 Å². The first-order valence-corrected chi connectivity index (χ1v) is 4.37. The predicted molar refractivity (Wildman–Crippen MR) is 55.6 cm³/mol. The van der Waals surface area contributed by atoms with E-state index in [1.807, 2.05) is 6.07 Å². The zero-order chi connectivity index (χ0) is 10.6. The molecule has 0 heterocycles. The number of anilines is 2. The molecule has 0 amide bonds. The van der Waals surface area contributed by atoms with Gasteiger partial charge in [0.1, 0.15) is 0 Å². The van der Waals surface area contributed by atoms with Crippen molar-refractivity contribution in [1.29, 1.82) is 0 Å². The molecule has 0 unspecified atom stereocenters. The van der Waals surface area contributed by atoms with E-state index in [-0.39, 0.29) is 5.97 Å². The molecule has 0 aliphatic rings. The fraction of sp³-hybridized carbons (Fsp3) is 0.300. The summed E-state index contributed by atoms with van der Waals surface area (Å²) in [4.78, 5) is 10.5. The third kappa shape index (κ3) is 2.97. The highest BCUT2D eigenvalue weighted by Crippen LogP contribution is 2.16.